The number of rotatable bonds is 2. The fourth-order valence-electron chi connectivity index (χ4n) is 2.11. The number of aromatic nitrogens is 2. The van der Waals surface area contributed by atoms with Crippen molar-refractivity contribution in [1.82, 2.24) is 9.38 Å². The van der Waals surface area contributed by atoms with Crippen molar-refractivity contribution >= 4 is 28.1 Å². The predicted octanol–water partition coefficient (Wildman–Crippen LogP) is 1.07. The summed E-state index contributed by atoms with van der Waals surface area (Å²) in [5.74, 6) is -0.512. The number of nitrogens with one attached hydrogen (secondary N) is 1. The van der Waals surface area contributed by atoms with Gasteiger partial charge in [0.2, 0.25) is 5.96 Å². The van der Waals surface area contributed by atoms with Crippen molar-refractivity contribution in [2.24, 2.45) is 16.5 Å². The molecule has 9 heteroatoms. The molecule has 0 fully saturated rings. The SMILES string of the molecule is N=C(N)/N=C(\N)c1c(-c2cc(O)ccc2O)nc2sccn12. The molecule has 0 amide bonds. The quantitative estimate of drug-likeness (QED) is 0.273. The van der Waals surface area contributed by atoms with E-state index in [1.165, 1.54) is 29.5 Å². The summed E-state index contributed by atoms with van der Waals surface area (Å²) in [5.41, 5.74) is 12.2. The summed E-state index contributed by atoms with van der Waals surface area (Å²) in [4.78, 5) is 8.79. The van der Waals surface area contributed by atoms with Crippen LogP contribution in [0.2, 0.25) is 0 Å². The Balaban J connectivity index is 2.32. The van der Waals surface area contributed by atoms with E-state index in [4.69, 9.17) is 16.9 Å². The number of nitrogens with two attached hydrogens (primary N) is 2. The van der Waals surface area contributed by atoms with E-state index in [1.54, 1.807) is 10.6 Å². The highest BCUT2D eigenvalue weighted by atomic mass is 32.1. The van der Waals surface area contributed by atoms with E-state index in [0.29, 0.717) is 21.9 Å². The molecule has 2 aromatic heterocycles. The molecular formula is C13H12N6O2S. The third-order valence-corrected chi connectivity index (χ3v) is 3.74. The summed E-state index contributed by atoms with van der Waals surface area (Å²) in [5, 5.41) is 28.7. The van der Waals surface area contributed by atoms with Crippen molar-refractivity contribution in [3.05, 3.63) is 35.5 Å². The Morgan fingerprint density at radius 3 is 2.82 bits per heavy atom. The maximum Gasteiger partial charge on any atom is 0.214 e. The molecule has 0 unspecified atom stereocenters. The number of benzene rings is 1. The van der Waals surface area contributed by atoms with Gasteiger partial charge < -0.3 is 21.7 Å². The molecular weight excluding hydrogens is 304 g/mol. The summed E-state index contributed by atoms with van der Waals surface area (Å²) in [7, 11) is 0. The zero-order valence-electron chi connectivity index (χ0n) is 11.2. The summed E-state index contributed by atoms with van der Waals surface area (Å²) < 4.78 is 1.69. The Kier molecular flexibility index (Phi) is 3.18. The average molecular weight is 316 g/mol. The summed E-state index contributed by atoms with van der Waals surface area (Å²) >= 11 is 1.38. The van der Waals surface area contributed by atoms with Crippen LogP contribution in [0.3, 0.4) is 0 Å². The van der Waals surface area contributed by atoms with Crippen LogP contribution in [0, 0.1) is 5.41 Å². The first-order valence-electron chi connectivity index (χ1n) is 6.14. The van der Waals surface area contributed by atoms with E-state index in [9.17, 15) is 10.2 Å². The number of phenols is 2. The van der Waals surface area contributed by atoms with Gasteiger partial charge in [0.25, 0.3) is 0 Å². The molecule has 3 rings (SSSR count). The Morgan fingerprint density at radius 2 is 2.09 bits per heavy atom. The van der Waals surface area contributed by atoms with Crippen molar-refractivity contribution in [1.29, 1.82) is 5.41 Å². The molecule has 0 atom stereocenters. The van der Waals surface area contributed by atoms with Crippen LogP contribution in [-0.2, 0) is 0 Å². The maximum absolute atomic E-state index is 10.0. The molecule has 112 valence electrons. The van der Waals surface area contributed by atoms with Crippen LogP contribution in [0.5, 0.6) is 11.5 Å². The standard InChI is InChI=1S/C13H12N6O2S/c14-11(18-12(15)16)10-9(17-13-19(10)3-4-22-13)7-5-6(20)1-2-8(7)21/h1-5,20-21H,(H5,14,15,16,18). The topological polar surface area (TPSA) is 146 Å². The minimum atomic E-state index is -0.436. The van der Waals surface area contributed by atoms with Crippen LogP contribution in [0.4, 0.5) is 0 Å². The number of imidazole rings is 1. The zero-order chi connectivity index (χ0) is 15.9. The van der Waals surface area contributed by atoms with Crippen molar-refractivity contribution < 1.29 is 10.2 Å². The van der Waals surface area contributed by atoms with Crippen LogP contribution in [0.15, 0.2) is 34.8 Å². The lowest BCUT2D eigenvalue weighted by Gasteiger charge is -2.06. The highest BCUT2D eigenvalue weighted by Crippen LogP contribution is 2.35. The lowest BCUT2D eigenvalue weighted by Crippen LogP contribution is -2.21. The van der Waals surface area contributed by atoms with Crippen LogP contribution < -0.4 is 11.5 Å². The van der Waals surface area contributed by atoms with Gasteiger partial charge in [0.1, 0.15) is 22.9 Å². The summed E-state index contributed by atoms with van der Waals surface area (Å²) in [6.07, 6.45) is 1.74. The Morgan fingerprint density at radius 1 is 1.32 bits per heavy atom. The molecule has 7 N–H and O–H groups in total. The molecule has 0 saturated carbocycles. The number of hydrogen-bond acceptors (Lipinski definition) is 5. The van der Waals surface area contributed by atoms with Crippen molar-refractivity contribution in [3.63, 3.8) is 0 Å². The Hall–Kier alpha value is -3.07. The van der Waals surface area contributed by atoms with Gasteiger partial charge in [0.05, 0.1) is 0 Å². The van der Waals surface area contributed by atoms with E-state index < -0.39 is 5.96 Å². The molecule has 0 spiro atoms. The molecule has 0 saturated heterocycles. The molecule has 3 aromatic rings. The third kappa shape index (κ3) is 2.23. The van der Waals surface area contributed by atoms with Crippen molar-refractivity contribution in [3.8, 4) is 22.8 Å². The van der Waals surface area contributed by atoms with Crippen LogP contribution in [0.1, 0.15) is 5.69 Å². The van der Waals surface area contributed by atoms with Gasteiger partial charge in [-0.1, -0.05) is 0 Å². The van der Waals surface area contributed by atoms with E-state index in [-0.39, 0.29) is 17.3 Å². The van der Waals surface area contributed by atoms with Gasteiger partial charge in [0, 0.05) is 17.1 Å². The fourth-order valence-corrected chi connectivity index (χ4v) is 2.83. The average Bonchev–Trinajstić information content (AvgIpc) is 3.00. The van der Waals surface area contributed by atoms with Crippen molar-refractivity contribution in [2.75, 3.05) is 0 Å². The number of guanidine groups is 1. The summed E-state index contributed by atoms with van der Waals surface area (Å²) in [6, 6.07) is 4.11. The van der Waals surface area contributed by atoms with E-state index in [0.717, 1.165) is 0 Å². The maximum atomic E-state index is 10.0. The van der Waals surface area contributed by atoms with Crippen LogP contribution in [-0.4, -0.2) is 31.4 Å². The molecule has 22 heavy (non-hydrogen) atoms. The van der Waals surface area contributed by atoms with Gasteiger partial charge in [-0.3, -0.25) is 9.81 Å². The monoisotopic (exact) mass is 316 g/mol. The Bertz CT molecular complexity index is 911. The van der Waals surface area contributed by atoms with Gasteiger partial charge in [-0.05, 0) is 18.2 Å². The number of nitrogens with zero attached hydrogens (tertiary/aromatic N) is 3. The second kappa shape index (κ2) is 5.04. The minimum Gasteiger partial charge on any atom is -0.508 e. The number of aromatic hydroxyl groups is 2. The highest BCUT2D eigenvalue weighted by molar-refractivity contribution is 7.15. The largest absolute Gasteiger partial charge is 0.508 e. The number of phenolic OH excluding ortho intramolecular Hbond substituents is 2. The van der Waals surface area contributed by atoms with Crippen LogP contribution in [0.25, 0.3) is 16.2 Å². The fraction of sp³-hybridized carbons (Fsp3) is 0. The minimum absolute atomic E-state index is 0.00357. The number of amidine groups is 1. The number of hydrogen-bond donors (Lipinski definition) is 5. The Labute approximate surface area is 128 Å². The normalized spacial score (nSPS) is 11.9. The second-order valence-electron chi connectivity index (χ2n) is 4.45. The van der Waals surface area contributed by atoms with Crippen LogP contribution >= 0.6 is 11.3 Å². The van der Waals surface area contributed by atoms with Gasteiger partial charge in [0.15, 0.2) is 10.8 Å². The van der Waals surface area contributed by atoms with Gasteiger partial charge in [-0.15, -0.1) is 11.3 Å². The molecule has 1 aromatic carbocycles. The lowest BCUT2D eigenvalue weighted by atomic mass is 10.1. The number of thiazole rings is 1. The lowest BCUT2D eigenvalue weighted by molar-refractivity contribution is 0.461. The highest BCUT2D eigenvalue weighted by Gasteiger charge is 2.20. The first-order chi connectivity index (χ1) is 10.5. The molecule has 0 aliphatic rings. The van der Waals surface area contributed by atoms with E-state index in [1.807, 2.05) is 5.38 Å². The molecule has 0 bridgehead atoms. The second-order valence-corrected chi connectivity index (χ2v) is 5.32. The molecule has 0 aliphatic heterocycles. The first kappa shape index (κ1) is 13.9. The number of fused-ring (bicyclic) bond motifs is 1. The number of aliphatic imine (C=N–C) groups is 1. The summed E-state index contributed by atoms with van der Waals surface area (Å²) in [6.45, 7) is 0. The van der Waals surface area contributed by atoms with Gasteiger partial charge in [-0.2, -0.15) is 4.99 Å². The van der Waals surface area contributed by atoms with Gasteiger partial charge >= 0.3 is 0 Å². The molecule has 0 aliphatic carbocycles. The van der Waals surface area contributed by atoms with Crippen molar-refractivity contribution in [2.45, 2.75) is 0 Å². The first-order valence-corrected chi connectivity index (χ1v) is 7.02. The smallest absolute Gasteiger partial charge is 0.214 e. The third-order valence-electron chi connectivity index (χ3n) is 2.98. The molecule has 0 radical (unpaired) electrons. The zero-order valence-corrected chi connectivity index (χ0v) is 12.0. The van der Waals surface area contributed by atoms with E-state index >= 15 is 0 Å². The predicted molar refractivity (Wildman–Crippen MR) is 84.5 cm³/mol. The molecule has 2 heterocycles. The van der Waals surface area contributed by atoms with E-state index in [2.05, 4.69) is 9.98 Å². The molecule has 8 nitrogen and oxygen atoms in total. The van der Waals surface area contributed by atoms with Gasteiger partial charge in [-0.25, -0.2) is 4.98 Å².